The van der Waals surface area contributed by atoms with Crippen molar-refractivity contribution in [3.05, 3.63) is 0 Å². The molecule has 4 nitrogen and oxygen atoms in total. The number of amides is 2. The Balaban J connectivity index is 1.60. The number of likely N-dealkylation sites (tertiary alicyclic amines) is 2. The molecule has 2 amide bonds. The van der Waals surface area contributed by atoms with Crippen LogP contribution in [0.15, 0.2) is 0 Å². The van der Waals surface area contributed by atoms with Crippen LogP contribution in [0, 0.1) is 11.8 Å². The van der Waals surface area contributed by atoms with Gasteiger partial charge in [0.1, 0.15) is 0 Å². The monoisotopic (exact) mass is 264 g/mol. The van der Waals surface area contributed by atoms with Gasteiger partial charge in [0.25, 0.3) is 0 Å². The first kappa shape index (κ1) is 12.9. The maximum atomic E-state index is 12.5. The molecule has 0 N–H and O–H groups in total. The molecule has 2 aliphatic heterocycles. The van der Waals surface area contributed by atoms with Crippen LogP contribution in [-0.2, 0) is 9.59 Å². The summed E-state index contributed by atoms with van der Waals surface area (Å²) < 4.78 is 0. The van der Waals surface area contributed by atoms with Crippen molar-refractivity contribution >= 4 is 11.8 Å². The normalized spacial score (nSPS) is 32.6. The van der Waals surface area contributed by atoms with Crippen molar-refractivity contribution in [1.82, 2.24) is 9.80 Å². The van der Waals surface area contributed by atoms with E-state index in [0.29, 0.717) is 24.9 Å². The van der Waals surface area contributed by atoms with Crippen molar-refractivity contribution in [2.75, 3.05) is 19.6 Å². The molecule has 0 radical (unpaired) electrons. The van der Waals surface area contributed by atoms with E-state index < -0.39 is 0 Å². The molecule has 3 rings (SSSR count). The number of nitrogens with zero attached hydrogens (tertiary/aromatic N) is 2. The number of rotatable bonds is 2. The lowest BCUT2D eigenvalue weighted by molar-refractivity contribution is -0.137. The van der Waals surface area contributed by atoms with Crippen molar-refractivity contribution in [3.8, 4) is 0 Å². The molecule has 0 aromatic rings. The highest BCUT2D eigenvalue weighted by Crippen LogP contribution is 2.31. The molecule has 2 saturated heterocycles. The average Bonchev–Trinajstić information content (AvgIpc) is 2.69. The zero-order chi connectivity index (χ0) is 13.4. The molecule has 1 aliphatic carbocycles. The summed E-state index contributed by atoms with van der Waals surface area (Å²) in [5.41, 5.74) is 0. The Labute approximate surface area is 115 Å². The molecule has 3 fully saturated rings. The fraction of sp³-hybridized carbons (Fsp3) is 0.867. The molecular formula is C15H24N2O2. The van der Waals surface area contributed by atoms with Gasteiger partial charge in [0.2, 0.25) is 11.8 Å². The van der Waals surface area contributed by atoms with E-state index in [-0.39, 0.29) is 17.7 Å². The minimum atomic E-state index is -0.0709. The van der Waals surface area contributed by atoms with E-state index in [0.717, 1.165) is 32.4 Å². The highest BCUT2D eigenvalue weighted by Gasteiger charge is 2.41. The first-order valence-electron chi connectivity index (χ1n) is 7.73. The summed E-state index contributed by atoms with van der Waals surface area (Å²) in [5, 5.41) is 0. The van der Waals surface area contributed by atoms with Crippen molar-refractivity contribution in [3.63, 3.8) is 0 Å². The summed E-state index contributed by atoms with van der Waals surface area (Å²) >= 11 is 0. The summed E-state index contributed by atoms with van der Waals surface area (Å²) in [5.74, 6) is 0.964. The molecule has 0 aromatic heterocycles. The molecule has 19 heavy (non-hydrogen) atoms. The molecule has 106 valence electrons. The summed E-state index contributed by atoms with van der Waals surface area (Å²) in [6, 6.07) is 0.436. The SMILES string of the molecule is CC1CCCN(C(=O)C2CC(=O)N(C3CCC3)C2)C1. The third kappa shape index (κ3) is 2.49. The molecule has 0 aromatic carbocycles. The van der Waals surface area contributed by atoms with Gasteiger partial charge in [-0.15, -0.1) is 0 Å². The van der Waals surface area contributed by atoms with Crippen LogP contribution >= 0.6 is 0 Å². The van der Waals surface area contributed by atoms with Gasteiger partial charge in [-0.1, -0.05) is 6.92 Å². The van der Waals surface area contributed by atoms with Crippen molar-refractivity contribution < 1.29 is 9.59 Å². The lowest BCUT2D eigenvalue weighted by Gasteiger charge is -2.35. The van der Waals surface area contributed by atoms with E-state index in [1.54, 1.807) is 0 Å². The Morgan fingerprint density at radius 1 is 1.16 bits per heavy atom. The van der Waals surface area contributed by atoms with Gasteiger partial charge in [0.15, 0.2) is 0 Å². The van der Waals surface area contributed by atoms with Crippen LogP contribution in [-0.4, -0.2) is 47.3 Å². The van der Waals surface area contributed by atoms with Gasteiger partial charge in [-0.2, -0.15) is 0 Å². The van der Waals surface area contributed by atoms with Gasteiger partial charge in [-0.05, 0) is 38.0 Å². The van der Waals surface area contributed by atoms with E-state index in [9.17, 15) is 9.59 Å². The van der Waals surface area contributed by atoms with Gasteiger partial charge in [0.05, 0.1) is 5.92 Å². The van der Waals surface area contributed by atoms with Gasteiger partial charge in [0, 0.05) is 32.1 Å². The van der Waals surface area contributed by atoms with E-state index in [4.69, 9.17) is 0 Å². The van der Waals surface area contributed by atoms with Gasteiger partial charge < -0.3 is 9.80 Å². The lowest BCUT2D eigenvalue weighted by atomic mass is 9.92. The molecular weight excluding hydrogens is 240 g/mol. The Morgan fingerprint density at radius 2 is 1.95 bits per heavy atom. The van der Waals surface area contributed by atoms with Crippen LogP contribution in [0.1, 0.15) is 45.4 Å². The van der Waals surface area contributed by atoms with Gasteiger partial charge >= 0.3 is 0 Å². The molecule has 1 saturated carbocycles. The molecule has 2 atom stereocenters. The number of carbonyl (C=O) groups is 2. The topological polar surface area (TPSA) is 40.6 Å². The predicted octanol–water partition coefficient (Wildman–Crippen LogP) is 1.65. The maximum Gasteiger partial charge on any atom is 0.228 e. The molecule has 2 heterocycles. The third-order valence-electron chi connectivity index (χ3n) is 4.99. The Kier molecular flexibility index (Phi) is 3.50. The first-order valence-corrected chi connectivity index (χ1v) is 7.73. The van der Waals surface area contributed by atoms with E-state index >= 15 is 0 Å². The molecule has 0 bridgehead atoms. The van der Waals surface area contributed by atoms with Gasteiger partial charge in [-0.3, -0.25) is 9.59 Å². The Bertz CT molecular complexity index is 378. The van der Waals surface area contributed by atoms with Crippen molar-refractivity contribution in [1.29, 1.82) is 0 Å². The Hall–Kier alpha value is -1.06. The maximum absolute atomic E-state index is 12.5. The quantitative estimate of drug-likeness (QED) is 0.761. The first-order chi connectivity index (χ1) is 9.15. The summed E-state index contributed by atoms with van der Waals surface area (Å²) in [7, 11) is 0. The van der Waals surface area contributed by atoms with Crippen LogP contribution in [0.25, 0.3) is 0 Å². The second kappa shape index (κ2) is 5.14. The lowest BCUT2D eigenvalue weighted by Crippen LogP contribution is -2.44. The second-order valence-corrected chi connectivity index (χ2v) is 6.56. The van der Waals surface area contributed by atoms with E-state index in [2.05, 4.69) is 6.92 Å². The zero-order valence-electron chi connectivity index (χ0n) is 11.8. The van der Waals surface area contributed by atoms with Crippen molar-refractivity contribution in [2.24, 2.45) is 11.8 Å². The zero-order valence-corrected chi connectivity index (χ0v) is 11.8. The van der Waals surface area contributed by atoms with E-state index in [1.807, 2.05) is 9.80 Å². The highest BCUT2D eigenvalue weighted by atomic mass is 16.2. The Morgan fingerprint density at radius 3 is 2.58 bits per heavy atom. The highest BCUT2D eigenvalue weighted by molar-refractivity contribution is 5.89. The summed E-state index contributed by atoms with van der Waals surface area (Å²) in [6.07, 6.45) is 6.28. The predicted molar refractivity (Wildman–Crippen MR) is 72.4 cm³/mol. The molecule has 0 spiro atoms. The minimum absolute atomic E-state index is 0.0709. The van der Waals surface area contributed by atoms with Crippen LogP contribution in [0.5, 0.6) is 0 Å². The number of piperidine rings is 1. The van der Waals surface area contributed by atoms with Crippen molar-refractivity contribution in [2.45, 2.75) is 51.5 Å². The fourth-order valence-corrected chi connectivity index (χ4v) is 3.60. The molecule has 4 heteroatoms. The number of hydrogen-bond donors (Lipinski definition) is 0. The molecule has 2 unspecified atom stereocenters. The number of hydrogen-bond acceptors (Lipinski definition) is 2. The summed E-state index contributed by atoms with van der Waals surface area (Å²) in [6.45, 7) is 4.65. The smallest absolute Gasteiger partial charge is 0.228 e. The van der Waals surface area contributed by atoms with Gasteiger partial charge in [-0.25, -0.2) is 0 Å². The average molecular weight is 264 g/mol. The molecule has 3 aliphatic rings. The second-order valence-electron chi connectivity index (χ2n) is 6.56. The standard InChI is InChI=1S/C15H24N2O2/c1-11-4-3-7-16(9-11)15(19)12-8-14(18)17(10-12)13-5-2-6-13/h11-13H,2-10H2,1H3. The number of carbonyl (C=O) groups excluding carboxylic acids is 2. The van der Waals surface area contributed by atoms with Crippen LogP contribution in [0.4, 0.5) is 0 Å². The van der Waals surface area contributed by atoms with Crippen LogP contribution in [0.2, 0.25) is 0 Å². The van der Waals surface area contributed by atoms with Crippen LogP contribution < -0.4 is 0 Å². The minimum Gasteiger partial charge on any atom is -0.342 e. The third-order valence-corrected chi connectivity index (χ3v) is 4.99. The van der Waals surface area contributed by atoms with E-state index in [1.165, 1.54) is 12.8 Å². The fourth-order valence-electron chi connectivity index (χ4n) is 3.60. The largest absolute Gasteiger partial charge is 0.342 e. The summed E-state index contributed by atoms with van der Waals surface area (Å²) in [4.78, 5) is 28.5. The van der Waals surface area contributed by atoms with Crippen LogP contribution in [0.3, 0.4) is 0 Å².